The fraction of sp³-hybridized carbons (Fsp3) is 0.500. The van der Waals surface area contributed by atoms with Crippen molar-refractivity contribution in [2.24, 2.45) is 0 Å². The summed E-state index contributed by atoms with van der Waals surface area (Å²) in [5, 5.41) is 1.92. The van der Waals surface area contributed by atoms with Crippen molar-refractivity contribution in [1.82, 2.24) is 15.3 Å². The van der Waals surface area contributed by atoms with Crippen molar-refractivity contribution in [3.8, 4) is 0 Å². The Balaban J connectivity index is 1.58. The third-order valence-electron chi connectivity index (χ3n) is 7.01. The van der Waals surface area contributed by atoms with Gasteiger partial charge in [-0.1, -0.05) is 65.2 Å². The van der Waals surface area contributed by atoms with E-state index in [1.165, 1.54) is 11.3 Å². The Bertz CT molecular complexity index is 1090. The number of hydrogen-bond donors (Lipinski definition) is 1. The van der Waals surface area contributed by atoms with E-state index in [1.54, 1.807) is 24.3 Å². The lowest BCUT2D eigenvalue weighted by Gasteiger charge is -2.32. The minimum Gasteiger partial charge on any atom is -0.274 e. The molecule has 2 aromatic carbocycles. The van der Waals surface area contributed by atoms with Crippen LogP contribution in [0.5, 0.6) is 0 Å². The van der Waals surface area contributed by atoms with E-state index >= 15 is 0 Å². The summed E-state index contributed by atoms with van der Waals surface area (Å²) in [5.41, 5.74) is 4.44. The molecular weight excluding hydrogens is 442 g/mol. The Hall–Kier alpha value is -3.06. The summed E-state index contributed by atoms with van der Waals surface area (Å²) in [6.45, 7) is 5.20. The molecule has 0 spiro atoms. The molecule has 2 aliphatic heterocycles. The van der Waals surface area contributed by atoms with Crippen LogP contribution >= 0.6 is 0 Å². The molecule has 0 radical (unpaired) electrons. The number of carbonyl (C=O) groups is 4. The highest BCUT2D eigenvalue weighted by atomic mass is 16.2. The van der Waals surface area contributed by atoms with Crippen molar-refractivity contribution < 1.29 is 19.2 Å². The summed E-state index contributed by atoms with van der Waals surface area (Å²) in [6, 6.07) is 6.48. The molecule has 0 fully saturated rings. The van der Waals surface area contributed by atoms with Crippen LogP contribution in [0.3, 0.4) is 0 Å². The van der Waals surface area contributed by atoms with Crippen molar-refractivity contribution in [1.29, 1.82) is 0 Å². The van der Waals surface area contributed by atoms with Crippen LogP contribution in [-0.2, 0) is 0 Å². The van der Waals surface area contributed by atoms with E-state index in [-0.39, 0.29) is 11.8 Å². The van der Waals surface area contributed by atoms with E-state index < -0.39 is 11.8 Å². The second-order valence-electron chi connectivity index (χ2n) is 9.52. The lowest BCUT2D eigenvalue weighted by Crippen LogP contribution is -2.50. The molecule has 0 saturated heterocycles. The zero-order valence-electron chi connectivity index (χ0n) is 20.8. The average Bonchev–Trinajstić information content (AvgIpc) is 2.86. The number of benzene rings is 2. The first-order chi connectivity index (χ1) is 17.0. The fourth-order valence-electron chi connectivity index (χ4n) is 5.06. The predicted molar refractivity (Wildman–Crippen MR) is 135 cm³/mol. The van der Waals surface area contributed by atoms with Gasteiger partial charge in [-0.2, -0.15) is 0 Å². The van der Waals surface area contributed by atoms with Gasteiger partial charge in [0.15, 0.2) is 0 Å². The first-order valence-electron chi connectivity index (χ1n) is 13.1. The molecular formula is C28H35N3O4. The Morgan fingerprint density at radius 1 is 0.571 bits per heavy atom. The smallest absolute Gasteiger partial charge is 0.274 e. The molecule has 2 heterocycles. The first kappa shape index (κ1) is 25.0. The summed E-state index contributed by atoms with van der Waals surface area (Å²) in [4.78, 5) is 54.3. The van der Waals surface area contributed by atoms with E-state index in [0.29, 0.717) is 46.1 Å². The summed E-state index contributed by atoms with van der Waals surface area (Å²) in [6.07, 6.45) is 10.5. The quantitative estimate of drug-likeness (QED) is 0.305. The molecule has 1 N–H and O–H groups in total. The van der Waals surface area contributed by atoms with Crippen LogP contribution in [0.4, 0.5) is 0 Å². The molecule has 0 saturated carbocycles. The monoisotopic (exact) mass is 477 g/mol. The molecule has 7 heteroatoms. The van der Waals surface area contributed by atoms with Crippen LogP contribution in [0, 0.1) is 0 Å². The summed E-state index contributed by atoms with van der Waals surface area (Å²) in [5.74, 6) is -1.60. The maximum atomic E-state index is 13.3. The van der Waals surface area contributed by atoms with E-state index in [9.17, 15) is 19.2 Å². The lowest BCUT2D eigenvalue weighted by atomic mass is 9.86. The Kier molecular flexibility index (Phi) is 7.96. The van der Waals surface area contributed by atoms with Crippen molar-refractivity contribution >= 4 is 34.4 Å². The number of rotatable bonds is 13. The number of carbonyl (C=O) groups excluding carboxylic acids is 4. The number of amides is 4. The number of nitrogens with zero attached hydrogens (tertiary/aromatic N) is 2. The molecule has 186 valence electrons. The zero-order chi connectivity index (χ0) is 24.9. The minimum atomic E-state index is -0.446. The van der Waals surface area contributed by atoms with Crippen molar-refractivity contribution in [2.45, 2.75) is 78.1 Å². The fourth-order valence-corrected chi connectivity index (χ4v) is 5.06. The van der Waals surface area contributed by atoms with Crippen LogP contribution in [0.15, 0.2) is 24.3 Å². The van der Waals surface area contributed by atoms with Crippen molar-refractivity contribution in [3.05, 3.63) is 46.5 Å². The molecule has 0 aliphatic carbocycles. The normalized spacial score (nSPS) is 15.0. The van der Waals surface area contributed by atoms with Gasteiger partial charge in [0.2, 0.25) is 0 Å². The van der Waals surface area contributed by atoms with Crippen LogP contribution in [0.1, 0.15) is 119 Å². The van der Waals surface area contributed by atoms with Gasteiger partial charge in [-0.3, -0.25) is 24.1 Å². The van der Waals surface area contributed by atoms with Gasteiger partial charge >= 0.3 is 0 Å². The maximum Gasteiger partial charge on any atom is 0.275 e. The molecule has 0 atom stereocenters. The number of hydrogen-bond acceptors (Lipinski definition) is 5. The largest absolute Gasteiger partial charge is 0.275 e. The topological polar surface area (TPSA) is 86.8 Å². The van der Waals surface area contributed by atoms with Gasteiger partial charge in [0.25, 0.3) is 23.6 Å². The lowest BCUT2D eigenvalue weighted by molar-refractivity contribution is 0.0515. The van der Waals surface area contributed by atoms with Gasteiger partial charge in [0.05, 0.1) is 11.1 Å². The minimum absolute atomic E-state index is 0.340. The second kappa shape index (κ2) is 11.1. The third-order valence-corrected chi connectivity index (χ3v) is 7.01. The number of hydrazine groups is 1. The summed E-state index contributed by atoms with van der Waals surface area (Å²) >= 11 is 0. The highest BCUT2D eigenvalue weighted by molar-refractivity contribution is 6.33. The molecule has 0 bridgehead atoms. The first-order valence-corrected chi connectivity index (χ1v) is 13.1. The van der Waals surface area contributed by atoms with Crippen molar-refractivity contribution in [2.75, 3.05) is 13.1 Å². The average molecular weight is 478 g/mol. The van der Waals surface area contributed by atoms with E-state index in [0.717, 1.165) is 62.8 Å². The van der Waals surface area contributed by atoms with Crippen LogP contribution in [0.25, 0.3) is 10.8 Å². The number of nitrogens with one attached hydrogen (secondary N) is 1. The molecule has 2 aliphatic rings. The molecule has 0 aromatic heterocycles. The van der Waals surface area contributed by atoms with Gasteiger partial charge in [-0.05, 0) is 37.1 Å². The zero-order valence-corrected chi connectivity index (χ0v) is 20.8. The van der Waals surface area contributed by atoms with E-state index in [1.807, 2.05) is 0 Å². The molecule has 2 aromatic rings. The van der Waals surface area contributed by atoms with Gasteiger partial charge in [0, 0.05) is 35.0 Å². The summed E-state index contributed by atoms with van der Waals surface area (Å²) < 4.78 is 0. The van der Waals surface area contributed by atoms with Crippen LogP contribution in [-0.4, -0.2) is 46.6 Å². The molecule has 4 amide bonds. The molecule has 35 heavy (non-hydrogen) atoms. The molecule has 4 rings (SSSR count). The van der Waals surface area contributed by atoms with Gasteiger partial charge in [-0.15, -0.1) is 0 Å². The van der Waals surface area contributed by atoms with E-state index in [2.05, 4.69) is 19.3 Å². The maximum absolute atomic E-state index is 13.3. The third kappa shape index (κ3) is 4.74. The van der Waals surface area contributed by atoms with E-state index in [4.69, 9.17) is 0 Å². The Labute approximate surface area is 206 Å². The van der Waals surface area contributed by atoms with Gasteiger partial charge in [-0.25, -0.2) is 10.4 Å². The Morgan fingerprint density at radius 2 is 1.00 bits per heavy atom. The van der Waals surface area contributed by atoms with Gasteiger partial charge < -0.3 is 0 Å². The Morgan fingerprint density at radius 3 is 1.49 bits per heavy atom. The predicted octanol–water partition coefficient (Wildman–Crippen LogP) is 5.48. The molecule has 7 nitrogen and oxygen atoms in total. The highest BCUT2D eigenvalue weighted by Crippen LogP contribution is 2.37. The SMILES string of the molecule is CCCCCCCNN1C(=O)c2ccc3c4c(ccc(c24)C1=O)C(=O)N(CCCCCCC)C3=O. The van der Waals surface area contributed by atoms with Crippen LogP contribution in [0.2, 0.25) is 0 Å². The second-order valence-corrected chi connectivity index (χ2v) is 9.52. The van der Waals surface area contributed by atoms with Gasteiger partial charge in [0.1, 0.15) is 0 Å². The van der Waals surface area contributed by atoms with Crippen LogP contribution < -0.4 is 5.43 Å². The highest BCUT2D eigenvalue weighted by Gasteiger charge is 2.39. The number of imide groups is 2. The van der Waals surface area contributed by atoms with Crippen molar-refractivity contribution in [3.63, 3.8) is 0 Å². The molecule has 0 unspecified atom stereocenters. The number of unbranched alkanes of at least 4 members (excludes halogenated alkanes) is 8. The summed E-state index contributed by atoms with van der Waals surface area (Å²) in [7, 11) is 0. The standard InChI is InChI=1S/C28H35N3O4/c1-3-5-7-9-11-17-29-31-27(34)21-15-13-19-23-20(14-16-22(24(21)23)28(31)35)26(33)30(25(19)32)18-12-10-8-6-4-2/h13-16,29H,3-12,17-18H2,1-2H3.